The number of carboxylic acids is 2. The van der Waals surface area contributed by atoms with Gasteiger partial charge in [-0.05, 0) is 35.4 Å². The Morgan fingerprint density at radius 2 is 0.743 bits per heavy atom. The van der Waals surface area contributed by atoms with E-state index in [1.54, 1.807) is 60.7 Å². The second-order valence-corrected chi connectivity index (χ2v) is 7.47. The summed E-state index contributed by atoms with van der Waals surface area (Å²) >= 11 is 0. The van der Waals surface area contributed by atoms with E-state index in [0.717, 1.165) is 11.1 Å². The van der Waals surface area contributed by atoms with Crippen LogP contribution < -0.4 is 0 Å². The molecule has 0 radical (unpaired) electrons. The summed E-state index contributed by atoms with van der Waals surface area (Å²) in [6.07, 6.45) is 0. The lowest BCUT2D eigenvalue weighted by molar-refractivity contribution is 0.0686. The zero-order chi connectivity index (χ0) is 25.5. The maximum Gasteiger partial charge on any atom is 0.335 e. The molecule has 0 aromatic heterocycles. The predicted octanol–water partition coefficient (Wildman–Crippen LogP) is 4.73. The van der Waals surface area contributed by atoms with Gasteiger partial charge in [-0.25, -0.2) is 9.59 Å². The predicted molar refractivity (Wildman–Crippen MR) is 135 cm³/mol. The molecule has 6 nitrogen and oxygen atoms in total. The number of aliphatic hydroxyl groups is 2. The van der Waals surface area contributed by atoms with Crippen LogP contribution in [-0.4, -0.2) is 45.6 Å². The zero-order valence-corrected chi connectivity index (χ0v) is 19.1. The molecule has 4 aromatic carbocycles. The van der Waals surface area contributed by atoms with Crippen molar-refractivity contribution in [3.8, 4) is 0 Å². The van der Waals surface area contributed by atoms with Gasteiger partial charge in [0, 0.05) is 0 Å². The summed E-state index contributed by atoms with van der Waals surface area (Å²) in [6, 6.07) is 35.8. The first kappa shape index (κ1) is 27.0. The van der Waals surface area contributed by atoms with Gasteiger partial charge in [-0.15, -0.1) is 0 Å². The zero-order valence-electron chi connectivity index (χ0n) is 19.1. The highest BCUT2D eigenvalue weighted by Crippen LogP contribution is 2.31. The highest BCUT2D eigenvalue weighted by molar-refractivity contribution is 5.87. The molecule has 6 heteroatoms. The number of carboxylic acid groups (broad SMARTS) is 2. The summed E-state index contributed by atoms with van der Waals surface area (Å²) in [4.78, 5) is 20.4. The molecule has 0 aliphatic carbocycles. The van der Waals surface area contributed by atoms with E-state index in [1.807, 2.05) is 60.7 Å². The van der Waals surface area contributed by atoms with Crippen LogP contribution in [0.5, 0.6) is 0 Å². The minimum atomic E-state index is -0.879. The van der Waals surface area contributed by atoms with Crippen LogP contribution in [0, 0.1) is 0 Å². The van der Waals surface area contributed by atoms with Gasteiger partial charge in [0.15, 0.2) is 0 Å². The number of aliphatic hydroxyl groups excluding tert-OH is 2. The van der Waals surface area contributed by atoms with Gasteiger partial charge in [0.2, 0.25) is 0 Å². The van der Waals surface area contributed by atoms with Crippen molar-refractivity contribution in [2.45, 2.75) is 5.41 Å². The summed E-state index contributed by atoms with van der Waals surface area (Å²) < 4.78 is 0. The van der Waals surface area contributed by atoms with Crippen LogP contribution >= 0.6 is 0 Å². The molecule has 180 valence electrons. The summed E-state index contributed by atoms with van der Waals surface area (Å²) in [5.74, 6) is -1.76. The van der Waals surface area contributed by atoms with Crippen molar-refractivity contribution in [1.29, 1.82) is 0 Å². The molecule has 0 aliphatic rings. The van der Waals surface area contributed by atoms with Gasteiger partial charge in [-0.2, -0.15) is 0 Å². The third kappa shape index (κ3) is 7.92. The molecule has 0 unspecified atom stereocenters. The number of rotatable bonds is 6. The Balaban J connectivity index is 0.000000203. The van der Waals surface area contributed by atoms with Crippen LogP contribution in [-0.2, 0) is 5.41 Å². The van der Waals surface area contributed by atoms with Crippen LogP contribution in [0.15, 0.2) is 121 Å². The van der Waals surface area contributed by atoms with E-state index in [4.69, 9.17) is 10.2 Å². The Labute approximate surface area is 204 Å². The van der Waals surface area contributed by atoms with E-state index >= 15 is 0 Å². The van der Waals surface area contributed by atoms with Gasteiger partial charge in [-0.3, -0.25) is 0 Å². The number of hydrogen-bond donors (Lipinski definition) is 4. The Morgan fingerprint density at radius 1 is 0.486 bits per heavy atom. The quantitative estimate of drug-likeness (QED) is 0.323. The van der Waals surface area contributed by atoms with E-state index in [1.165, 1.54) is 0 Å². The monoisotopic (exact) mass is 472 g/mol. The molecule has 0 saturated carbocycles. The van der Waals surface area contributed by atoms with Crippen molar-refractivity contribution in [3.05, 3.63) is 144 Å². The molecule has 0 atom stereocenters. The number of carbonyl (C=O) groups is 2. The van der Waals surface area contributed by atoms with Crippen molar-refractivity contribution in [3.63, 3.8) is 0 Å². The summed E-state index contributed by atoms with van der Waals surface area (Å²) in [5, 5.41) is 36.2. The minimum Gasteiger partial charge on any atom is -0.478 e. The van der Waals surface area contributed by atoms with Gasteiger partial charge in [0.25, 0.3) is 0 Å². The number of hydrogen-bond acceptors (Lipinski definition) is 4. The lowest BCUT2D eigenvalue weighted by Gasteiger charge is -2.31. The summed E-state index contributed by atoms with van der Waals surface area (Å²) in [5.41, 5.74) is 1.80. The molecule has 4 N–H and O–H groups in total. The van der Waals surface area contributed by atoms with E-state index in [2.05, 4.69) is 0 Å². The molecule has 0 fully saturated rings. The first-order chi connectivity index (χ1) is 16.9. The van der Waals surface area contributed by atoms with Gasteiger partial charge in [-0.1, -0.05) is 97.1 Å². The molecular formula is C29H28O6. The number of aromatic carboxylic acids is 2. The Hall–Kier alpha value is -4.26. The lowest BCUT2D eigenvalue weighted by atomic mass is 9.76. The minimum absolute atomic E-state index is 0.114. The van der Waals surface area contributed by atoms with Crippen molar-refractivity contribution in [2.24, 2.45) is 0 Å². The fourth-order valence-electron chi connectivity index (χ4n) is 3.26. The molecule has 0 amide bonds. The molecule has 4 rings (SSSR count). The fourth-order valence-corrected chi connectivity index (χ4v) is 3.26. The highest BCUT2D eigenvalue weighted by Gasteiger charge is 2.32. The maximum absolute atomic E-state index is 10.2. The third-order valence-electron chi connectivity index (χ3n) is 5.23. The fraction of sp³-hybridized carbons (Fsp3) is 0.103. The average molecular weight is 473 g/mol. The largest absolute Gasteiger partial charge is 0.478 e. The molecule has 4 aromatic rings. The summed E-state index contributed by atoms with van der Waals surface area (Å²) in [6.45, 7) is -0.227. The third-order valence-corrected chi connectivity index (χ3v) is 5.23. The van der Waals surface area contributed by atoms with Crippen LogP contribution in [0.25, 0.3) is 0 Å². The molecule has 0 saturated heterocycles. The smallest absolute Gasteiger partial charge is 0.335 e. The van der Waals surface area contributed by atoms with Crippen LogP contribution in [0.1, 0.15) is 31.8 Å². The van der Waals surface area contributed by atoms with E-state index < -0.39 is 17.4 Å². The Bertz CT molecular complexity index is 1050. The van der Waals surface area contributed by atoms with E-state index in [9.17, 15) is 19.8 Å². The Morgan fingerprint density at radius 3 is 0.943 bits per heavy atom. The second-order valence-electron chi connectivity index (χ2n) is 7.47. The van der Waals surface area contributed by atoms with Crippen molar-refractivity contribution in [2.75, 3.05) is 13.2 Å². The van der Waals surface area contributed by atoms with Crippen LogP contribution in [0.4, 0.5) is 0 Å². The highest BCUT2D eigenvalue weighted by atomic mass is 16.4. The lowest BCUT2D eigenvalue weighted by Crippen LogP contribution is -2.36. The van der Waals surface area contributed by atoms with E-state index in [0.29, 0.717) is 11.1 Å². The van der Waals surface area contributed by atoms with E-state index in [-0.39, 0.29) is 13.2 Å². The summed E-state index contributed by atoms with van der Waals surface area (Å²) in [7, 11) is 0. The molecule has 35 heavy (non-hydrogen) atoms. The SMILES string of the molecule is O=C(O)c1ccccc1.O=C(O)c1ccccc1.OCC(CO)(c1ccccc1)c1ccccc1. The first-order valence-corrected chi connectivity index (χ1v) is 10.8. The van der Waals surface area contributed by atoms with Crippen LogP contribution in [0.2, 0.25) is 0 Å². The maximum atomic E-state index is 10.2. The van der Waals surface area contributed by atoms with Gasteiger partial charge < -0.3 is 20.4 Å². The molecular weight excluding hydrogens is 444 g/mol. The topological polar surface area (TPSA) is 115 Å². The van der Waals surface area contributed by atoms with Crippen molar-refractivity contribution < 1.29 is 30.0 Å². The van der Waals surface area contributed by atoms with Crippen molar-refractivity contribution in [1.82, 2.24) is 0 Å². The van der Waals surface area contributed by atoms with Gasteiger partial charge >= 0.3 is 11.9 Å². The number of benzene rings is 4. The van der Waals surface area contributed by atoms with Crippen LogP contribution in [0.3, 0.4) is 0 Å². The van der Waals surface area contributed by atoms with Crippen molar-refractivity contribution >= 4 is 11.9 Å². The standard InChI is InChI=1S/C15H16O2.2C7H6O2/c16-11-15(12-17,13-7-3-1-4-8-13)14-9-5-2-6-10-14;2*8-7(9)6-4-2-1-3-5-6/h1-10,16-17H,11-12H2;2*1-5H,(H,8,9). The second kappa shape index (κ2) is 14.1. The molecule has 0 bridgehead atoms. The molecule has 0 spiro atoms. The Kier molecular flexibility index (Phi) is 10.9. The van der Waals surface area contributed by atoms with Gasteiger partial charge in [0.1, 0.15) is 0 Å². The van der Waals surface area contributed by atoms with Gasteiger partial charge in [0.05, 0.1) is 29.8 Å². The molecule has 0 aliphatic heterocycles. The normalized spacial score (nSPS) is 10.1. The average Bonchev–Trinajstić information content (AvgIpc) is 2.93. The first-order valence-electron chi connectivity index (χ1n) is 10.8. The molecule has 0 heterocycles.